The van der Waals surface area contributed by atoms with Gasteiger partial charge in [0.15, 0.2) is 11.5 Å². The Morgan fingerprint density at radius 1 is 1.10 bits per heavy atom. The zero-order valence-electron chi connectivity index (χ0n) is 11.6. The van der Waals surface area contributed by atoms with Crippen LogP contribution in [0, 0.1) is 0 Å². The van der Waals surface area contributed by atoms with Crippen molar-refractivity contribution < 1.29 is 14.2 Å². The van der Waals surface area contributed by atoms with Gasteiger partial charge in [-0.1, -0.05) is 0 Å². The van der Waals surface area contributed by atoms with E-state index in [1.54, 1.807) is 38.4 Å². The summed E-state index contributed by atoms with van der Waals surface area (Å²) in [5, 5.41) is 4.14. The SMILES string of the molecule is COc1cc(Cn2cc(N)cn2)cc(OC)c1OC.Cl. The Balaban J connectivity index is 0.00000200. The molecule has 1 aromatic carbocycles. The van der Waals surface area contributed by atoms with Crippen molar-refractivity contribution in [3.05, 3.63) is 30.1 Å². The summed E-state index contributed by atoms with van der Waals surface area (Å²) in [5.74, 6) is 1.82. The molecule has 0 aliphatic carbocycles. The Kier molecular flexibility index (Phi) is 5.52. The molecule has 0 aliphatic heterocycles. The molecule has 0 aliphatic rings. The molecule has 0 saturated heterocycles. The summed E-state index contributed by atoms with van der Waals surface area (Å²) in [6.07, 6.45) is 3.38. The van der Waals surface area contributed by atoms with Gasteiger partial charge in [-0.25, -0.2) is 0 Å². The van der Waals surface area contributed by atoms with E-state index in [-0.39, 0.29) is 12.4 Å². The van der Waals surface area contributed by atoms with Crippen molar-refractivity contribution in [1.82, 2.24) is 9.78 Å². The maximum Gasteiger partial charge on any atom is 0.203 e. The molecule has 2 rings (SSSR count). The number of nitrogens with zero attached hydrogens (tertiary/aromatic N) is 2. The molecule has 0 saturated carbocycles. The van der Waals surface area contributed by atoms with Crippen LogP contribution in [0.25, 0.3) is 0 Å². The van der Waals surface area contributed by atoms with Gasteiger partial charge in [-0.05, 0) is 17.7 Å². The molecule has 0 fully saturated rings. The van der Waals surface area contributed by atoms with Crippen molar-refractivity contribution in [3.8, 4) is 17.2 Å². The third-order valence-corrected chi connectivity index (χ3v) is 2.72. The van der Waals surface area contributed by atoms with E-state index in [0.717, 1.165) is 5.56 Å². The van der Waals surface area contributed by atoms with E-state index in [0.29, 0.717) is 29.5 Å². The third kappa shape index (κ3) is 3.27. The van der Waals surface area contributed by atoms with Crippen LogP contribution in [0.4, 0.5) is 5.69 Å². The summed E-state index contributed by atoms with van der Waals surface area (Å²) in [6, 6.07) is 3.78. The standard InChI is InChI=1S/C13H17N3O3.ClH/c1-17-11-4-9(5-12(18-2)13(11)19-3)7-16-8-10(14)6-15-16;/h4-6,8H,7,14H2,1-3H3;1H. The van der Waals surface area contributed by atoms with Gasteiger partial charge in [0.05, 0.1) is 39.8 Å². The van der Waals surface area contributed by atoms with Crippen LogP contribution in [0.3, 0.4) is 0 Å². The highest BCUT2D eigenvalue weighted by Crippen LogP contribution is 2.38. The van der Waals surface area contributed by atoms with E-state index < -0.39 is 0 Å². The molecule has 0 unspecified atom stereocenters. The van der Waals surface area contributed by atoms with Gasteiger partial charge in [0, 0.05) is 6.20 Å². The number of hydrogen-bond acceptors (Lipinski definition) is 5. The number of benzene rings is 1. The topological polar surface area (TPSA) is 71.5 Å². The van der Waals surface area contributed by atoms with Gasteiger partial charge in [0.25, 0.3) is 0 Å². The Labute approximate surface area is 123 Å². The van der Waals surface area contributed by atoms with Crippen molar-refractivity contribution in [1.29, 1.82) is 0 Å². The maximum absolute atomic E-state index is 5.64. The van der Waals surface area contributed by atoms with Gasteiger partial charge in [-0.3, -0.25) is 4.68 Å². The van der Waals surface area contributed by atoms with Crippen LogP contribution in [-0.4, -0.2) is 31.1 Å². The van der Waals surface area contributed by atoms with E-state index >= 15 is 0 Å². The lowest BCUT2D eigenvalue weighted by atomic mass is 10.2. The smallest absolute Gasteiger partial charge is 0.203 e. The molecule has 2 N–H and O–H groups in total. The van der Waals surface area contributed by atoms with Crippen LogP contribution in [-0.2, 0) is 6.54 Å². The predicted molar refractivity (Wildman–Crippen MR) is 79.1 cm³/mol. The number of nitrogen functional groups attached to an aromatic ring is 1. The second kappa shape index (κ2) is 6.91. The van der Waals surface area contributed by atoms with E-state index in [2.05, 4.69) is 5.10 Å². The first-order chi connectivity index (χ1) is 9.17. The number of ether oxygens (including phenoxy) is 3. The van der Waals surface area contributed by atoms with Crippen molar-refractivity contribution >= 4 is 18.1 Å². The van der Waals surface area contributed by atoms with Gasteiger partial charge in [-0.15, -0.1) is 12.4 Å². The van der Waals surface area contributed by atoms with Crippen LogP contribution in [0.1, 0.15) is 5.56 Å². The lowest BCUT2D eigenvalue weighted by Crippen LogP contribution is -2.02. The zero-order chi connectivity index (χ0) is 13.8. The molecular weight excluding hydrogens is 282 g/mol. The Bertz CT molecular complexity index is 547. The molecule has 110 valence electrons. The number of halogens is 1. The minimum absolute atomic E-state index is 0. The molecule has 20 heavy (non-hydrogen) atoms. The molecule has 0 bridgehead atoms. The number of hydrogen-bond donors (Lipinski definition) is 1. The predicted octanol–water partition coefficient (Wildman–Crippen LogP) is 1.96. The molecule has 0 atom stereocenters. The lowest BCUT2D eigenvalue weighted by Gasteiger charge is -2.14. The molecular formula is C13H18ClN3O3. The molecule has 0 spiro atoms. The van der Waals surface area contributed by atoms with Crippen molar-refractivity contribution in [2.45, 2.75) is 6.54 Å². The second-order valence-corrected chi connectivity index (χ2v) is 4.00. The summed E-state index contributed by atoms with van der Waals surface area (Å²) in [5.41, 5.74) is 7.25. The first-order valence-electron chi connectivity index (χ1n) is 5.74. The fraction of sp³-hybridized carbons (Fsp3) is 0.308. The van der Waals surface area contributed by atoms with Crippen LogP contribution >= 0.6 is 12.4 Å². The summed E-state index contributed by atoms with van der Waals surface area (Å²) < 4.78 is 17.6. The van der Waals surface area contributed by atoms with Gasteiger partial charge in [-0.2, -0.15) is 5.10 Å². The highest BCUT2D eigenvalue weighted by Gasteiger charge is 2.13. The fourth-order valence-electron chi connectivity index (χ4n) is 1.88. The monoisotopic (exact) mass is 299 g/mol. The van der Waals surface area contributed by atoms with Gasteiger partial charge >= 0.3 is 0 Å². The van der Waals surface area contributed by atoms with Crippen molar-refractivity contribution in [2.75, 3.05) is 27.1 Å². The largest absolute Gasteiger partial charge is 0.493 e. The highest BCUT2D eigenvalue weighted by molar-refractivity contribution is 5.85. The zero-order valence-corrected chi connectivity index (χ0v) is 12.4. The van der Waals surface area contributed by atoms with E-state index in [9.17, 15) is 0 Å². The molecule has 0 radical (unpaired) electrons. The first kappa shape index (κ1) is 16.0. The number of rotatable bonds is 5. The van der Waals surface area contributed by atoms with Crippen molar-refractivity contribution in [3.63, 3.8) is 0 Å². The van der Waals surface area contributed by atoms with Crippen LogP contribution < -0.4 is 19.9 Å². The van der Waals surface area contributed by atoms with E-state index in [4.69, 9.17) is 19.9 Å². The van der Waals surface area contributed by atoms with E-state index in [1.165, 1.54) is 0 Å². The molecule has 0 amide bonds. The number of anilines is 1. The summed E-state index contributed by atoms with van der Waals surface area (Å²) in [6.45, 7) is 0.577. The summed E-state index contributed by atoms with van der Waals surface area (Å²) >= 11 is 0. The number of nitrogens with two attached hydrogens (primary N) is 1. The molecule has 6 nitrogen and oxygen atoms in total. The normalized spacial score (nSPS) is 9.75. The number of methoxy groups -OCH3 is 3. The van der Waals surface area contributed by atoms with E-state index in [1.807, 2.05) is 12.1 Å². The Morgan fingerprint density at radius 3 is 2.10 bits per heavy atom. The average Bonchev–Trinajstić information content (AvgIpc) is 2.82. The Hall–Kier alpha value is -2.08. The van der Waals surface area contributed by atoms with Crippen LogP contribution in [0.15, 0.2) is 24.5 Å². The third-order valence-electron chi connectivity index (χ3n) is 2.72. The van der Waals surface area contributed by atoms with Crippen LogP contribution in [0.2, 0.25) is 0 Å². The number of aromatic nitrogens is 2. The quantitative estimate of drug-likeness (QED) is 0.914. The highest BCUT2D eigenvalue weighted by atomic mass is 35.5. The fourth-order valence-corrected chi connectivity index (χ4v) is 1.88. The summed E-state index contributed by atoms with van der Waals surface area (Å²) in [7, 11) is 4.76. The second-order valence-electron chi connectivity index (χ2n) is 4.00. The molecule has 1 heterocycles. The molecule has 7 heteroatoms. The Morgan fingerprint density at radius 2 is 1.70 bits per heavy atom. The minimum Gasteiger partial charge on any atom is -0.493 e. The average molecular weight is 300 g/mol. The van der Waals surface area contributed by atoms with Gasteiger partial charge < -0.3 is 19.9 Å². The van der Waals surface area contributed by atoms with Gasteiger partial charge in [0.2, 0.25) is 5.75 Å². The van der Waals surface area contributed by atoms with Gasteiger partial charge in [0.1, 0.15) is 0 Å². The lowest BCUT2D eigenvalue weighted by molar-refractivity contribution is 0.323. The maximum atomic E-state index is 5.64. The molecule has 2 aromatic rings. The van der Waals surface area contributed by atoms with Crippen molar-refractivity contribution in [2.24, 2.45) is 0 Å². The summed E-state index contributed by atoms with van der Waals surface area (Å²) in [4.78, 5) is 0. The first-order valence-corrected chi connectivity index (χ1v) is 5.74. The van der Waals surface area contributed by atoms with Crippen LogP contribution in [0.5, 0.6) is 17.2 Å². The minimum atomic E-state index is 0. The molecule has 1 aromatic heterocycles.